The number of rotatable bonds is 4. The van der Waals surface area contributed by atoms with Gasteiger partial charge >= 0.3 is 6.18 Å². The third-order valence-corrected chi connectivity index (χ3v) is 5.79. The predicted molar refractivity (Wildman–Crippen MR) is 126 cm³/mol. The molecular formula is C25H24F3N3O3. The summed E-state index contributed by atoms with van der Waals surface area (Å²) in [6, 6.07) is 8.55. The molecule has 0 atom stereocenters. The molecule has 9 heteroatoms. The highest BCUT2D eigenvalue weighted by Gasteiger charge is 2.32. The van der Waals surface area contributed by atoms with Gasteiger partial charge < -0.3 is 19.5 Å². The van der Waals surface area contributed by atoms with Gasteiger partial charge in [-0.1, -0.05) is 11.6 Å². The Bertz CT molecular complexity index is 1310. The predicted octanol–water partition coefficient (Wildman–Crippen LogP) is 4.52. The number of fused-ring (bicyclic) bond motifs is 1. The molecule has 0 bridgehead atoms. The van der Waals surface area contributed by atoms with Gasteiger partial charge in [0.1, 0.15) is 11.8 Å². The van der Waals surface area contributed by atoms with Crippen LogP contribution in [0.2, 0.25) is 0 Å². The van der Waals surface area contributed by atoms with Gasteiger partial charge in [0.25, 0.3) is 0 Å². The molecule has 1 aromatic heterocycles. The molecule has 4 rings (SSSR count). The maximum Gasteiger partial charge on any atom is 0.416 e. The number of alkyl halides is 3. The first-order chi connectivity index (χ1) is 16.1. The van der Waals surface area contributed by atoms with Crippen LogP contribution in [0.25, 0.3) is 17.0 Å². The molecule has 1 aliphatic rings. The van der Waals surface area contributed by atoms with Crippen molar-refractivity contribution >= 4 is 34.3 Å². The van der Waals surface area contributed by atoms with Crippen molar-refractivity contribution in [3.63, 3.8) is 0 Å². The van der Waals surface area contributed by atoms with E-state index in [1.807, 2.05) is 24.9 Å². The summed E-state index contributed by atoms with van der Waals surface area (Å²) in [5.74, 6) is -0.654. The van der Waals surface area contributed by atoms with Crippen LogP contribution in [-0.2, 0) is 11.0 Å². The number of piperazine rings is 1. The molecule has 0 unspecified atom stereocenters. The molecule has 1 fully saturated rings. The minimum absolute atomic E-state index is 0.0650. The Morgan fingerprint density at radius 1 is 1.09 bits per heavy atom. The van der Waals surface area contributed by atoms with Crippen LogP contribution in [-0.4, -0.2) is 44.0 Å². The van der Waals surface area contributed by atoms with Gasteiger partial charge in [0, 0.05) is 32.3 Å². The number of aryl methyl sites for hydroxylation is 1. The van der Waals surface area contributed by atoms with Crippen LogP contribution < -0.4 is 15.6 Å². The second kappa shape index (κ2) is 9.34. The lowest BCUT2D eigenvalue weighted by molar-refractivity contribution is -0.137. The maximum atomic E-state index is 13.3. The SMILES string of the molecule is Cc1ccc2occ(/C=C/C(=O)Nc3cc(C(F)(F)F)ccc3N3CCN(C)CC3)c(=O)c2c1. The molecular weight excluding hydrogens is 447 g/mol. The van der Waals surface area contributed by atoms with Crippen LogP contribution in [0.3, 0.4) is 0 Å². The van der Waals surface area contributed by atoms with Gasteiger partial charge in [-0.05, 0) is 50.4 Å². The number of halogens is 3. The number of anilines is 2. The van der Waals surface area contributed by atoms with Gasteiger partial charge in [-0.25, -0.2) is 0 Å². The van der Waals surface area contributed by atoms with Crippen molar-refractivity contribution < 1.29 is 22.4 Å². The first kappa shape index (κ1) is 23.6. The maximum absolute atomic E-state index is 13.3. The standard InChI is InChI=1S/C25H24F3N3O3/c1-16-3-7-22-19(13-16)24(33)17(15-34-22)4-8-23(32)29-20-14-18(25(26,27)28)5-6-21(20)31-11-9-30(2)10-12-31/h3-8,13-15H,9-12H2,1-2H3,(H,29,32)/b8-4+. The number of amides is 1. The van der Waals surface area contributed by atoms with E-state index in [1.165, 1.54) is 18.4 Å². The molecule has 1 saturated heterocycles. The highest BCUT2D eigenvalue weighted by atomic mass is 19.4. The van der Waals surface area contributed by atoms with E-state index in [4.69, 9.17) is 4.42 Å². The average molecular weight is 471 g/mol. The van der Waals surface area contributed by atoms with Gasteiger partial charge in [-0.15, -0.1) is 0 Å². The molecule has 3 aromatic rings. The molecule has 0 aliphatic carbocycles. The second-order valence-electron chi connectivity index (χ2n) is 8.36. The zero-order chi connectivity index (χ0) is 24.5. The Hall–Kier alpha value is -3.59. The van der Waals surface area contributed by atoms with E-state index in [9.17, 15) is 22.8 Å². The summed E-state index contributed by atoms with van der Waals surface area (Å²) < 4.78 is 45.4. The summed E-state index contributed by atoms with van der Waals surface area (Å²) >= 11 is 0. The zero-order valence-corrected chi connectivity index (χ0v) is 18.8. The normalized spacial score (nSPS) is 15.3. The van der Waals surface area contributed by atoms with Gasteiger partial charge in [0.15, 0.2) is 5.43 Å². The Labute approximate surface area is 194 Å². The van der Waals surface area contributed by atoms with E-state index >= 15 is 0 Å². The van der Waals surface area contributed by atoms with Crippen LogP contribution in [0.5, 0.6) is 0 Å². The molecule has 178 valence electrons. The van der Waals surface area contributed by atoms with Crippen LogP contribution >= 0.6 is 0 Å². The lowest BCUT2D eigenvalue weighted by Crippen LogP contribution is -2.44. The monoisotopic (exact) mass is 471 g/mol. The van der Waals surface area contributed by atoms with Gasteiger partial charge in [-0.2, -0.15) is 13.2 Å². The van der Waals surface area contributed by atoms with Crippen molar-refractivity contribution in [1.82, 2.24) is 4.90 Å². The largest absolute Gasteiger partial charge is 0.463 e. The van der Waals surface area contributed by atoms with Crippen molar-refractivity contribution in [1.29, 1.82) is 0 Å². The number of carbonyl (C=O) groups is 1. The second-order valence-corrected chi connectivity index (χ2v) is 8.36. The number of hydrogen-bond donors (Lipinski definition) is 1. The number of nitrogens with zero attached hydrogens (tertiary/aromatic N) is 2. The van der Waals surface area contributed by atoms with Crippen LogP contribution in [0.1, 0.15) is 16.7 Å². The first-order valence-corrected chi connectivity index (χ1v) is 10.8. The fourth-order valence-electron chi connectivity index (χ4n) is 3.85. The fourth-order valence-corrected chi connectivity index (χ4v) is 3.85. The quantitative estimate of drug-likeness (QED) is 0.567. The molecule has 1 amide bonds. The number of likely N-dealkylation sites (N-methyl/N-ethyl adjacent to an activating group) is 1. The molecule has 1 N–H and O–H groups in total. The summed E-state index contributed by atoms with van der Waals surface area (Å²) in [4.78, 5) is 29.4. The van der Waals surface area contributed by atoms with Crippen LogP contribution in [0.15, 0.2) is 57.9 Å². The first-order valence-electron chi connectivity index (χ1n) is 10.8. The number of carbonyl (C=O) groups excluding carboxylic acids is 1. The summed E-state index contributed by atoms with van der Waals surface area (Å²) in [7, 11) is 1.97. The van der Waals surface area contributed by atoms with Crippen LogP contribution in [0.4, 0.5) is 24.5 Å². The molecule has 0 saturated carbocycles. The minimum atomic E-state index is -4.54. The number of hydrogen-bond acceptors (Lipinski definition) is 5. The van der Waals surface area contributed by atoms with Crippen LogP contribution in [0, 0.1) is 6.92 Å². The zero-order valence-electron chi connectivity index (χ0n) is 18.8. The van der Waals surface area contributed by atoms with E-state index in [0.717, 1.165) is 36.9 Å². The summed E-state index contributed by atoms with van der Waals surface area (Å²) in [6.07, 6.45) is -0.879. The summed E-state index contributed by atoms with van der Waals surface area (Å²) in [5, 5.41) is 2.94. The highest BCUT2D eigenvalue weighted by molar-refractivity contribution is 6.04. The number of nitrogens with one attached hydrogen (secondary N) is 1. The smallest absolute Gasteiger partial charge is 0.416 e. The molecule has 6 nitrogen and oxygen atoms in total. The molecule has 34 heavy (non-hydrogen) atoms. The van der Waals surface area contributed by atoms with Gasteiger partial charge in [0.2, 0.25) is 5.91 Å². The molecule has 0 spiro atoms. The lowest BCUT2D eigenvalue weighted by atomic mass is 10.1. The van der Waals surface area contributed by atoms with E-state index in [1.54, 1.807) is 12.1 Å². The molecule has 2 heterocycles. The van der Waals surface area contributed by atoms with E-state index in [2.05, 4.69) is 10.2 Å². The van der Waals surface area contributed by atoms with Crippen molar-refractivity contribution in [3.05, 3.63) is 75.7 Å². The van der Waals surface area contributed by atoms with Crippen molar-refractivity contribution in [2.75, 3.05) is 43.4 Å². The average Bonchev–Trinajstić information content (AvgIpc) is 2.79. The van der Waals surface area contributed by atoms with E-state index < -0.39 is 17.6 Å². The number of benzene rings is 2. The van der Waals surface area contributed by atoms with Gasteiger partial charge in [-0.3, -0.25) is 9.59 Å². The summed E-state index contributed by atoms with van der Waals surface area (Å²) in [5.41, 5.74) is 0.911. The van der Waals surface area contributed by atoms with Crippen molar-refractivity contribution in [3.8, 4) is 0 Å². The van der Waals surface area contributed by atoms with E-state index in [0.29, 0.717) is 29.7 Å². The Kier molecular flexibility index (Phi) is 6.47. The Balaban J connectivity index is 1.60. The van der Waals surface area contributed by atoms with E-state index in [-0.39, 0.29) is 16.7 Å². The lowest BCUT2D eigenvalue weighted by Gasteiger charge is -2.35. The minimum Gasteiger partial charge on any atom is -0.463 e. The topological polar surface area (TPSA) is 65.8 Å². The Morgan fingerprint density at radius 3 is 2.53 bits per heavy atom. The highest BCUT2D eigenvalue weighted by Crippen LogP contribution is 2.35. The molecule has 2 aromatic carbocycles. The van der Waals surface area contributed by atoms with Crippen molar-refractivity contribution in [2.45, 2.75) is 13.1 Å². The third kappa shape index (κ3) is 5.14. The fraction of sp³-hybridized carbons (Fsp3) is 0.280. The third-order valence-electron chi connectivity index (χ3n) is 5.79. The Morgan fingerprint density at radius 2 is 1.82 bits per heavy atom. The van der Waals surface area contributed by atoms with Crippen molar-refractivity contribution in [2.24, 2.45) is 0 Å². The molecule has 1 aliphatic heterocycles. The molecule has 0 radical (unpaired) electrons. The summed E-state index contributed by atoms with van der Waals surface area (Å²) in [6.45, 7) is 4.61. The van der Waals surface area contributed by atoms with Gasteiger partial charge in [0.05, 0.1) is 27.9 Å².